The van der Waals surface area contributed by atoms with Gasteiger partial charge in [0.15, 0.2) is 6.61 Å². The maximum Gasteiger partial charge on any atom is 0.326 e. The van der Waals surface area contributed by atoms with Gasteiger partial charge in [-0.3, -0.25) is 34.2 Å². The van der Waals surface area contributed by atoms with E-state index < -0.39 is 47.5 Å². The molecule has 1 aromatic carbocycles. The van der Waals surface area contributed by atoms with Gasteiger partial charge >= 0.3 is 5.97 Å². The highest BCUT2D eigenvalue weighted by molar-refractivity contribution is 7.09. The highest BCUT2D eigenvalue weighted by Crippen LogP contribution is 2.30. The molecule has 2 heterocycles. The molecular formula is C18H15N3O7S. The number of nitrogens with zero attached hydrogens (tertiary/aromatic N) is 2. The van der Waals surface area contributed by atoms with E-state index in [1.165, 1.54) is 12.1 Å². The number of hydrogen-bond acceptors (Lipinski definition) is 8. The minimum absolute atomic E-state index is 0.150. The van der Waals surface area contributed by atoms with Gasteiger partial charge in [0.25, 0.3) is 23.4 Å². The minimum atomic E-state index is -0.976. The first-order valence-electron chi connectivity index (χ1n) is 8.46. The van der Waals surface area contributed by atoms with Crippen LogP contribution in [0, 0.1) is 10.1 Å². The van der Waals surface area contributed by atoms with E-state index in [1.807, 2.05) is 17.5 Å². The van der Waals surface area contributed by atoms with E-state index in [-0.39, 0.29) is 11.1 Å². The molecule has 29 heavy (non-hydrogen) atoms. The quantitative estimate of drug-likeness (QED) is 0.294. The molecule has 0 fully saturated rings. The van der Waals surface area contributed by atoms with E-state index in [4.69, 9.17) is 4.74 Å². The number of esters is 1. The Morgan fingerprint density at radius 1 is 1.17 bits per heavy atom. The fraction of sp³-hybridized carbons (Fsp3) is 0.222. The van der Waals surface area contributed by atoms with Gasteiger partial charge in [-0.2, -0.15) is 0 Å². The van der Waals surface area contributed by atoms with Crippen molar-refractivity contribution in [1.82, 2.24) is 10.2 Å². The molecule has 11 heteroatoms. The lowest BCUT2D eigenvalue weighted by Gasteiger charge is -2.13. The average molecular weight is 417 g/mol. The highest BCUT2D eigenvalue weighted by atomic mass is 32.1. The van der Waals surface area contributed by atoms with Gasteiger partial charge in [0.2, 0.25) is 0 Å². The molecule has 1 aliphatic heterocycles. The van der Waals surface area contributed by atoms with Crippen molar-refractivity contribution in [2.24, 2.45) is 0 Å². The zero-order valence-electron chi connectivity index (χ0n) is 15.0. The molecule has 0 saturated carbocycles. The third-order valence-corrected chi connectivity index (χ3v) is 5.04. The molecule has 150 valence electrons. The number of amides is 3. The van der Waals surface area contributed by atoms with E-state index in [1.54, 1.807) is 11.3 Å². The maximum absolute atomic E-state index is 12.4. The van der Waals surface area contributed by atoms with Crippen LogP contribution < -0.4 is 5.32 Å². The van der Waals surface area contributed by atoms with Gasteiger partial charge in [0.05, 0.1) is 10.5 Å². The summed E-state index contributed by atoms with van der Waals surface area (Å²) in [6.45, 7) is -0.933. The number of nitrogens with one attached hydrogen (secondary N) is 1. The zero-order valence-corrected chi connectivity index (χ0v) is 15.8. The van der Waals surface area contributed by atoms with Gasteiger partial charge in [0.1, 0.15) is 12.1 Å². The Labute approximate surface area is 168 Å². The van der Waals surface area contributed by atoms with Crippen LogP contribution in [0.2, 0.25) is 0 Å². The summed E-state index contributed by atoms with van der Waals surface area (Å²) in [5.74, 6) is -3.27. The van der Waals surface area contributed by atoms with Gasteiger partial charge < -0.3 is 10.1 Å². The van der Waals surface area contributed by atoms with Crippen LogP contribution >= 0.6 is 11.3 Å². The van der Waals surface area contributed by atoms with Crippen LogP contribution in [0.15, 0.2) is 35.7 Å². The summed E-state index contributed by atoms with van der Waals surface area (Å²) in [5, 5.41) is 15.6. The molecule has 1 N–H and O–H groups in total. The van der Waals surface area contributed by atoms with E-state index in [0.29, 0.717) is 17.9 Å². The van der Waals surface area contributed by atoms with Gasteiger partial charge in [-0.05, 0) is 23.9 Å². The second-order valence-corrected chi connectivity index (χ2v) is 7.03. The van der Waals surface area contributed by atoms with Crippen LogP contribution in [0.5, 0.6) is 0 Å². The number of rotatable bonds is 8. The molecule has 1 aromatic heterocycles. The molecular weight excluding hydrogens is 402 g/mol. The molecule has 0 radical (unpaired) electrons. The molecule has 0 spiro atoms. The van der Waals surface area contributed by atoms with Crippen molar-refractivity contribution in [2.45, 2.75) is 6.42 Å². The summed E-state index contributed by atoms with van der Waals surface area (Å²) < 4.78 is 4.80. The standard InChI is InChI=1S/C18H15N3O7S/c22-14(19-7-6-11-3-2-8-29-11)10-28-15(23)9-20-17(24)12-4-1-5-13(21(26)27)16(12)18(20)25/h1-5,8H,6-7,9-10H2,(H,19,22). The molecule has 0 unspecified atom stereocenters. The lowest BCUT2D eigenvalue weighted by atomic mass is 10.1. The summed E-state index contributed by atoms with van der Waals surface area (Å²) >= 11 is 1.56. The maximum atomic E-state index is 12.4. The Kier molecular flexibility index (Phi) is 5.98. The van der Waals surface area contributed by atoms with E-state index in [9.17, 15) is 29.3 Å². The zero-order chi connectivity index (χ0) is 21.0. The summed E-state index contributed by atoms with van der Waals surface area (Å²) in [6.07, 6.45) is 0.644. The lowest BCUT2D eigenvalue weighted by molar-refractivity contribution is -0.385. The van der Waals surface area contributed by atoms with Crippen molar-refractivity contribution in [3.8, 4) is 0 Å². The predicted octanol–water partition coefficient (Wildman–Crippen LogP) is 1.15. The van der Waals surface area contributed by atoms with E-state index in [0.717, 1.165) is 10.9 Å². The van der Waals surface area contributed by atoms with Crippen LogP contribution in [-0.4, -0.2) is 53.2 Å². The second kappa shape index (κ2) is 8.61. The van der Waals surface area contributed by atoms with Gasteiger partial charge in [-0.1, -0.05) is 12.1 Å². The van der Waals surface area contributed by atoms with Crippen LogP contribution in [0.4, 0.5) is 5.69 Å². The summed E-state index contributed by atoms with van der Waals surface area (Å²) in [7, 11) is 0. The Morgan fingerprint density at radius 2 is 1.97 bits per heavy atom. The molecule has 0 bridgehead atoms. The fourth-order valence-electron chi connectivity index (χ4n) is 2.76. The molecule has 0 aliphatic carbocycles. The first kappa shape index (κ1) is 20.1. The predicted molar refractivity (Wildman–Crippen MR) is 100 cm³/mol. The van der Waals surface area contributed by atoms with E-state index >= 15 is 0 Å². The van der Waals surface area contributed by atoms with Crippen molar-refractivity contribution in [2.75, 3.05) is 19.7 Å². The van der Waals surface area contributed by atoms with Crippen molar-refractivity contribution in [3.63, 3.8) is 0 Å². The summed E-state index contributed by atoms with van der Waals surface area (Å²) in [6, 6.07) is 7.49. The number of carbonyl (C=O) groups is 4. The smallest absolute Gasteiger partial charge is 0.326 e. The number of hydrogen-bond donors (Lipinski definition) is 1. The molecule has 3 rings (SSSR count). The topological polar surface area (TPSA) is 136 Å². The van der Waals surface area contributed by atoms with Crippen LogP contribution in [0.25, 0.3) is 0 Å². The number of ether oxygens (including phenoxy) is 1. The van der Waals surface area contributed by atoms with Crippen molar-refractivity contribution in [3.05, 3.63) is 61.8 Å². The summed E-state index contributed by atoms with van der Waals surface area (Å²) in [4.78, 5) is 60.3. The third kappa shape index (κ3) is 4.46. The summed E-state index contributed by atoms with van der Waals surface area (Å²) in [5.41, 5.74) is -1.02. The van der Waals surface area contributed by atoms with E-state index in [2.05, 4.69) is 5.32 Å². The number of benzene rings is 1. The Balaban J connectivity index is 1.51. The molecule has 0 atom stereocenters. The Hall–Kier alpha value is -3.60. The first-order chi connectivity index (χ1) is 13.9. The monoisotopic (exact) mass is 417 g/mol. The van der Waals surface area contributed by atoms with Crippen LogP contribution in [0.3, 0.4) is 0 Å². The van der Waals surface area contributed by atoms with Gasteiger partial charge in [-0.25, -0.2) is 0 Å². The van der Waals surface area contributed by atoms with Crippen molar-refractivity contribution in [1.29, 1.82) is 0 Å². The molecule has 0 saturated heterocycles. The van der Waals surface area contributed by atoms with Crippen LogP contribution in [-0.2, 0) is 20.7 Å². The second-order valence-electron chi connectivity index (χ2n) is 5.99. The number of nitro groups is 1. The number of carbonyl (C=O) groups excluding carboxylic acids is 4. The molecule has 2 aromatic rings. The van der Waals surface area contributed by atoms with Crippen molar-refractivity contribution < 1.29 is 28.8 Å². The number of nitro benzene ring substituents is 1. The largest absolute Gasteiger partial charge is 0.454 e. The van der Waals surface area contributed by atoms with Crippen LogP contribution in [0.1, 0.15) is 25.6 Å². The minimum Gasteiger partial charge on any atom is -0.454 e. The molecule has 3 amide bonds. The SMILES string of the molecule is O=C(COC(=O)CN1C(=O)c2cccc([N+](=O)[O-])c2C1=O)NCCc1cccs1. The van der Waals surface area contributed by atoms with Gasteiger partial charge in [0, 0.05) is 17.5 Å². The lowest BCUT2D eigenvalue weighted by Crippen LogP contribution is -2.37. The number of thiophene rings is 1. The Morgan fingerprint density at radius 3 is 2.66 bits per heavy atom. The average Bonchev–Trinajstić information content (AvgIpc) is 3.29. The fourth-order valence-corrected chi connectivity index (χ4v) is 3.47. The van der Waals surface area contributed by atoms with Gasteiger partial charge in [-0.15, -0.1) is 11.3 Å². The highest BCUT2D eigenvalue weighted by Gasteiger charge is 2.41. The van der Waals surface area contributed by atoms with Crippen molar-refractivity contribution >= 4 is 40.7 Å². The number of fused-ring (bicyclic) bond motifs is 1. The molecule has 10 nitrogen and oxygen atoms in total. The molecule has 1 aliphatic rings. The Bertz CT molecular complexity index is 987. The first-order valence-corrected chi connectivity index (χ1v) is 9.34. The number of imide groups is 1. The normalized spacial score (nSPS) is 12.6. The third-order valence-electron chi connectivity index (χ3n) is 4.10.